The smallest absolute Gasteiger partial charge is 0.254 e. The van der Waals surface area contributed by atoms with Gasteiger partial charge in [0.05, 0.1) is 13.5 Å². The predicted molar refractivity (Wildman–Crippen MR) is 82.9 cm³/mol. The third-order valence-corrected chi connectivity index (χ3v) is 3.29. The fraction of sp³-hybridized carbons (Fsp3) is 0.312. The normalized spacial score (nSPS) is 10.3. The van der Waals surface area contributed by atoms with Gasteiger partial charge in [-0.2, -0.15) is 0 Å². The van der Waals surface area contributed by atoms with Crippen molar-refractivity contribution in [1.82, 2.24) is 14.9 Å². The lowest BCUT2D eigenvalue weighted by Crippen LogP contribution is -2.32. The number of ether oxygens (including phenoxy) is 1. The van der Waals surface area contributed by atoms with Crippen LogP contribution in [0.3, 0.4) is 0 Å². The second-order valence-corrected chi connectivity index (χ2v) is 4.91. The second kappa shape index (κ2) is 7.40. The van der Waals surface area contributed by atoms with Crippen LogP contribution < -0.4 is 15.6 Å². The van der Waals surface area contributed by atoms with Gasteiger partial charge >= 0.3 is 0 Å². The molecule has 2 rings (SSSR count). The lowest BCUT2D eigenvalue weighted by atomic mass is 10.2. The Morgan fingerprint density at radius 1 is 1.41 bits per heavy atom. The largest absolute Gasteiger partial charge is 0.496 e. The summed E-state index contributed by atoms with van der Waals surface area (Å²) in [5.74, 6) is 0.451. The van der Waals surface area contributed by atoms with E-state index in [-0.39, 0.29) is 17.9 Å². The highest BCUT2D eigenvalue weighted by Gasteiger charge is 2.06. The maximum atomic E-state index is 11.9. The third kappa shape index (κ3) is 4.18. The van der Waals surface area contributed by atoms with Crippen LogP contribution in [-0.2, 0) is 17.8 Å². The van der Waals surface area contributed by atoms with Gasteiger partial charge in [-0.15, -0.1) is 0 Å². The number of carbonyl (C=O) groups is 1. The quantitative estimate of drug-likeness (QED) is 0.861. The summed E-state index contributed by atoms with van der Waals surface area (Å²) in [4.78, 5) is 27.7. The minimum absolute atomic E-state index is 0.0905. The summed E-state index contributed by atoms with van der Waals surface area (Å²) in [5, 5.41) is 2.80. The molecule has 0 aromatic carbocycles. The number of nitrogens with zero attached hydrogens (tertiary/aromatic N) is 2. The van der Waals surface area contributed by atoms with E-state index in [0.717, 1.165) is 11.3 Å². The van der Waals surface area contributed by atoms with Gasteiger partial charge in [-0.05, 0) is 24.6 Å². The highest BCUT2D eigenvalue weighted by atomic mass is 16.5. The Labute approximate surface area is 128 Å². The molecule has 0 aliphatic carbocycles. The Hall–Kier alpha value is -2.63. The standard InChI is InChI=1S/C16H19N3O3/c1-12-8-14(22-2)10-16(21)19(12)7-6-18-15(20)9-13-4-3-5-17-11-13/h3-5,8,10-11H,6-7,9H2,1-2H3,(H,18,20). The molecule has 0 bridgehead atoms. The fourth-order valence-electron chi connectivity index (χ4n) is 2.16. The first-order chi connectivity index (χ1) is 10.6. The fourth-order valence-corrected chi connectivity index (χ4v) is 2.16. The van der Waals surface area contributed by atoms with E-state index >= 15 is 0 Å². The van der Waals surface area contributed by atoms with Crippen LogP contribution in [0.25, 0.3) is 0 Å². The summed E-state index contributed by atoms with van der Waals surface area (Å²) in [7, 11) is 1.53. The van der Waals surface area contributed by atoms with Gasteiger partial charge in [-0.25, -0.2) is 0 Å². The Morgan fingerprint density at radius 3 is 2.86 bits per heavy atom. The Bertz CT molecular complexity index is 696. The van der Waals surface area contributed by atoms with E-state index in [1.807, 2.05) is 13.0 Å². The zero-order valence-corrected chi connectivity index (χ0v) is 12.7. The number of rotatable bonds is 6. The summed E-state index contributed by atoms with van der Waals surface area (Å²) in [6.45, 7) is 2.65. The summed E-state index contributed by atoms with van der Waals surface area (Å²) < 4.78 is 6.65. The number of hydrogen-bond acceptors (Lipinski definition) is 4. The molecule has 2 heterocycles. The van der Waals surface area contributed by atoms with E-state index in [4.69, 9.17) is 4.74 Å². The molecule has 0 unspecified atom stereocenters. The van der Waals surface area contributed by atoms with Gasteiger partial charge in [0.2, 0.25) is 5.91 Å². The molecule has 1 N–H and O–H groups in total. The van der Waals surface area contributed by atoms with Gasteiger partial charge in [0.1, 0.15) is 5.75 Å². The monoisotopic (exact) mass is 301 g/mol. The Morgan fingerprint density at radius 2 is 2.23 bits per heavy atom. The molecule has 0 atom stereocenters. The van der Waals surface area contributed by atoms with Crippen molar-refractivity contribution in [3.05, 3.63) is 58.3 Å². The highest BCUT2D eigenvalue weighted by Crippen LogP contribution is 2.08. The van der Waals surface area contributed by atoms with Gasteiger partial charge < -0.3 is 14.6 Å². The van der Waals surface area contributed by atoms with Crippen LogP contribution in [0.2, 0.25) is 0 Å². The van der Waals surface area contributed by atoms with Gasteiger partial charge in [0.15, 0.2) is 0 Å². The van der Waals surface area contributed by atoms with Crippen LogP contribution in [0.1, 0.15) is 11.3 Å². The molecule has 0 aliphatic heterocycles. The van der Waals surface area contributed by atoms with Crippen molar-refractivity contribution in [3.63, 3.8) is 0 Å². The number of amides is 1. The van der Waals surface area contributed by atoms with E-state index < -0.39 is 0 Å². The van der Waals surface area contributed by atoms with Gasteiger partial charge in [-0.3, -0.25) is 14.6 Å². The van der Waals surface area contributed by atoms with Crippen LogP contribution in [0.4, 0.5) is 0 Å². The first-order valence-corrected chi connectivity index (χ1v) is 7.01. The topological polar surface area (TPSA) is 73.2 Å². The zero-order valence-electron chi connectivity index (χ0n) is 12.7. The second-order valence-electron chi connectivity index (χ2n) is 4.91. The molecule has 0 radical (unpaired) electrons. The van der Waals surface area contributed by atoms with Crippen molar-refractivity contribution < 1.29 is 9.53 Å². The summed E-state index contributed by atoms with van der Waals surface area (Å²) >= 11 is 0. The van der Waals surface area contributed by atoms with Crippen molar-refractivity contribution in [3.8, 4) is 5.75 Å². The molecule has 0 saturated heterocycles. The molecular formula is C16H19N3O3. The number of carbonyl (C=O) groups excluding carboxylic acids is 1. The van der Waals surface area contributed by atoms with Crippen molar-refractivity contribution >= 4 is 5.91 Å². The average Bonchev–Trinajstić information content (AvgIpc) is 2.50. The van der Waals surface area contributed by atoms with E-state index in [9.17, 15) is 9.59 Å². The molecule has 1 amide bonds. The number of nitrogens with one attached hydrogen (secondary N) is 1. The van der Waals surface area contributed by atoms with Gasteiger partial charge in [-0.1, -0.05) is 6.07 Å². The lowest BCUT2D eigenvalue weighted by Gasteiger charge is -2.12. The number of methoxy groups -OCH3 is 1. The molecule has 0 fully saturated rings. The van der Waals surface area contributed by atoms with Crippen LogP contribution >= 0.6 is 0 Å². The minimum atomic E-state index is -0.140. The first-order valence-electron chi connectivity index (χ1n) is 7.01. The number of hydrogen-bond donors (Lipinski definition) is 1. The number of pyridine rings is 2. The SMILES string of the molecule is COc1cc(C)n(CCNC(=O)Cc2cccnc2)c(=O)c1. The molecule has 2 aromatic heterocycles. The number of aromatic nitrogens is 2. The third-order valence-electron chi connectivity index (χ3n) is 3.29. The van der Waals surface area contributed by atoms with E-state index in [1.165, 1.54) is 13.2 Å². The molecule has 0 spiro atoms. The van der Waals surface area contributed by atoms with Crippen molar-refractivity contribution in [2.45, 2.75) is 19.9 Å². The van der Waals surface area contributed by atoms with Crippen molar-refractivity contribution in [1.29, 1.82) is 0 Å². The van der Waals surface area contributed by atoms with Crippen molar-refractivity contribution in [2.24, 2.45) is 0 Å². The molecule has 116 valence electrons. The zero-order chi connectivity index (χ0) is 15.9. The van der Waals surface area contributed by atoms with Gasteiger partial charge in [0.25, 0.3) is 5.56 Å². The minimum Gasteiger partial charge on any atom is -0.496 e. The Balaban J connectivity index is 1.89. The maximum absolute atomic E-state index is 11.9. The maximum Gasteiger partial charge on any atom is 0.254 e. The first kappa shape index (κ1) is 15.8. The molecule has 0 aliphatic rings. The molecule has 22 heavy (non-hydrogen) atoms. The summed E-state index contributed by atoms with van der Waals surface area (Å²) in [6, 6.07) is 6.87. The van der Waals surface area contributed by atoms with Crippen LogP contribution in [0, 0.1) is 6.92 Å². The van der Waals surface area contributed by atoms with E-state index in [1.54, 1.807) is 29.1 Å². The molecule has 2 aromatic rings. The van der Waals surface area contributed by atoms with E-state index in [2.05, 4.69) is 10.3 Å². The molecular weight excluding hydrogens is 282 g/mol. The highest BCUT2D eigenvalue weighted by molar-refractivity contribution is 5.78. The summed E-state index contributed by atoms with van der Waals surface area (Å²) in [6.07, 6.45) is 3.61. The van der Waals surface area contributed by atoms with E-state index in [0.29, 0.717) is 18.8 Å². The molecule has 6 nitrogen and oxygen atoms in total. The van der Waals surface area contributed by atoms with Crippen molar-refractivity contribution in [2.75, 3.05) is 13.7 Å². The molecule has 6 heteroatoms. The Kier molecular flexibility index (Phi) is 5.30. The van der Waals surface area contributed by atoms with Gasteiger partial charge in [0, 0.05) is 37.2 Å². The van der Waals surface area contributed by atoms with Crippen LogP contribution in [-0.4, -0.2) is 29.1 Å². The number of aryl methyl sites for hydroxylation is 1. The molecule has 0 saturated carbocycles. The summed E-state index contributed by atoms with van der Waals surface area (Å²) in [5.41, 5.74) is 1.52. The van der Waals surface area contributed by atoms with Crippen LogP contribution in [0.5, 0.6) is 5.75 Å². The average molecular weight is 301 g/mol. The predicted octanol–water partition coefficient (Wildman–Crippen LogP) is 0.919. The van der Waals surface area contributed by atoms with Crippen LogP contribution in [0.15, 0.2) is 41.5 Å². The lowest BCUT2D eigenvalue weighted by molar-refractivity contribution is -0.120.